The molecule has 344 valence electrons. The number of nitrogens with zero attached hydrogens (tertiary/aromatic N) is 1. The van der Waals surface area contributed by atoms with Crippen molar-refractivity contribution >= 4 is 19.8 Å². The van der Waals surface area contributed by atoms with Crippen LogP contribution in [-0.4, -0.2) is 81.2 Å². The fraction of sp³-hybridized carbons (Fsp3) is 0.560. The maximum Gasteiger partial charge on any atom is 0.306 e. The summed E-state index contributed by atoms with van der Waals surface area (Å²) in [7, 11) is 1.04. The molecule has 10 nitrogen and oxygen atoms in total. The highest BCUT2D eigenvalue weighted by Crippen LogP contribution is 2.38. The number of phosphoric acid groups is 1. The second-order valence-electron chi connectivity index (χ2n) is 15.5. The number of carbonyl (C=O) groups is 2. The molecule has 0 aromatic heterocycles. The van der Waals surface area contributed by atoms with E-state index in [1.807, 2.05) is 75.8 Å². The van der Waals surface area contributed by atoms with Gasteiger partial charge in [-0.25, -0.2) is 0 Å². The van der Waals surface area contributed by atoms with Gasteiger partial charge in [0, 0.05) is 12.8 Å². The molecule has 0 aliphatic rings. The third-order valence-electron chi connectivity index (χ3n) is 8.56. The van der Waals surface area contributed by atoms with Gasteiger partial charge in [0.05, 0.1) is 33.9 Å². The molecule has 0 aromatic rings. The highest BCUT2D eigenvalue weighted by molar-refractivity contribution is 7.45. The molecule has 0 radical (unpaired) electrons. The number of phosphoric ester groups is 1. The lowest BCUT2D eigenvalue weighted by Crippen LogP contribution is -2.37. The van der Waals surface area contributed by atoms with Gasteiger partial charge in [-0.05, 0) is 83.5 Å². The van der Waals surface area contributed by atoms with Gasteiger partial charge in [-0.2, -0.15) is 0 Å². The van der Waals surface area contributed by atoms with E-state index in [0.717, 1.165) is 44.9 Å². The first kappa shape index (κ1) is 57.4. The molecular weight excluding hydrogens is 790 g/mol. The van der Waals surface area contributed by atoms with Crippen LogP contribution in [0.2, 0.25) is 0 Å². The smallest absolute Gasteiger partial charge is 0.306 e. The van der Waals surface area contributed by atoms with Crippen LogP contribution in [0.25, 0.3) is 0 Å². The molecule has 11 heteroatoms. The van der Waals surface area contributed by atoms with Crippen LogP contribution < -0.4 is 4.89 Å². The average Bonchev–Trinajstić information content (AvgIpc) is 3.21. The number of esters is 2. The van der Waals surface area contributed by atoms with Crippen molar-refractivity contribution in [2.75, 3.05) is 47.5 Å². The predicted octanol–water partition coefficient (Wildman–Crippen LogP) is 11.2. The van der Waals surface area contributed by atoms with E-state index >= 15 is 0 Å². The zero-order valence-corrected chi connectivity index (χ0v) is 39.1. The van der Waals surface area contributed by atoms with Crippen LogP contribution in [0, 0.1) is 0 Å². The topological polar surface area (TPSA) is 131 Å². The van der Waals surface area contributed by atoms with Gasteiger partial charge < -0.3 is 33.0 Å². The molecule has 0 spiro atoms. The Morgan fingerprint density at radius 3 is 1.75 bits per heavy atom. The van der Waals surface area contributed by atoms with Crippen molar-refractivity contribution in [3.8, 4) is 0 Å². The van der Waals surface area contributed by atoms with Crippen LogP contribution in [0.1, 0.15) is 123 Å². The maximum absolute atomic E-state index is 12.7. The monoisotopic (exact) mass is 870 g/mol. The highest BCUT2D eigenvalue weighted by Gasteiger charge is 2.21. The number of allylic oxidation sites excluding steroid dienone is 18. The first-order valence-electron chi connectivity index (χ1n) is 22.4. The van der Waals surface area contributed by atoms with Crippen LogP contribution in [0.15, 0.2) is 122 Å². The molecule has 0 rings (SSSR count). The van der Waals surface area contributed by atoms with Gasteiger partial charge in [0.25, 0.3) is 7.82 Å². The molecule has 0 amide bonds. The van der Waals surface area contributed by atoms with Crippen molar-refractivity contribution in [2.24, 2.45) is 0 Å². The highest BCUT2D eigenvalue weighted by atomic mass is 31.2. The van der Waals surface area contributed by atoms with Crippen LogP contribution in [-0.2, 0) is 32.7 Å². The lowest BCUT2D eigenvalue weighted by atomic mass is 10.2. The summed E-state index contributed by atoms with van der Waals surface area (Å²) in [6.45, 7) is 3.81. The molecule has 0 saturated carbocycles. The van der Waals surface area contributed by atoms with Crippen LogP contribution in [0.4, 0.5) is 0 Å². The van der Waals surface area contributed by atoms with Gasteiger partial charge in [-0.3, -0.25) is 14.2 Å². The summed E-state index contributed by atoms with van der Waals surface area (Å²) in [6.07, 6.45) is 52.8. The molecule has 61 heavy (non-hydrogen) atoms. The summed E-state index contributed by atoms with van der Waals surface area (Å²) >= 11 is 0. The second-order valence-corrected chi connectivity index (χ2v) is 16.9. The Hall–Kier alpha value is -3.63. The molecule has 1 N–H and O–H groups in total. The lowest BCUT2D eigenvalue weighted by Gasteiger charge is -2.28. The first-order valence-corrected chi connectivity index (χ1v) is 23.8. The second kappa shape index (κ2) is 40.4. The van der Waals surface area contributed by atoms with E-state index < -0.39 is 38.6 Å². The minimum Gasteiger partial charge on any atom is -0.756 e. The van der Waals surface area contributed by atoms with E-state index in [-0.39, 0.29) is 26.1 Å². The summed E-state index contributed by atoms with van der Waals surface area (Å²) in [5.41, 5.74) is 0. The van der Waals surface area contributed by atoms with Crippen LogP contribution >= 0.6 is 7.82 Å². The number of hydrogen-bond acceptors (Lipinski definition) is 9. The van der Waals surface area contributed by atoms with Crippen LogP contribution in [0.5, 0.6) is 0 Å². The van der Waals surface area contributed by atoms with Crippen molar-refractivity contribution < 1.29 is 47.2 Å². The summed E-state index contributed by atoms with van der Waals surface area (Å²) in [5, 5.41) is 10.0. The van der Waals surface area contributed by atoms with Gasteiger partial charge in [0.2, 0.25) is 0 Å². The Labute approximate surface area is 370 Å². The normalized spacial score (nSPS) is 15.2. The van der Waals surface area contributed by atoms with Crippen molar-refractivity contribution in [3.05, 3.63) is 122 Å². The van der Waals surface area contributed by atoms with Crippen molar-refractivity contribution in [3.63, 3.8) is 0 Å². The fourth-order valence-corrected chi connectivity index (χ4v) is 5.78. The number of carbonyl (C=O) groups excluding carboxylic acids is 2. The lowest BCUT2D eigenvalue weighted by molar-refractivity contribution is -0.870. The molecule has 3 atom stereocenters. The molecule has 0 bridgehead atoms. The Morgan fingerprint density at radius 2 is 1.16 bits per heavy atom. The third kappa shape index (κ3) is 44.2. The van der Waals surface area contributed by atoms with Gasteiger partial charge in [0.1, 0.15) is 19.8 Å². The molecule has 0 fully saturated rings. The number of unbranched alkanes of at least 4 members (excludes halogenated alkanes) is 4. The number of hydrogen-bond donors (Lipinski definition) is 1. The summed E-state index contributed by atoms with van der Waals surface area (Å²) in [6, 6.07) is 0. The number of quaternary nitrogens is 1. The number of likely N-dealkylation sites (N-methyl/N-ethyl adjacent to an activating group) is 1. The van der Waals surface area contributed by atoms with E-state index in [1.165, 1.54) is 19.3 Å². The summed E-state index contributed by atoms with van der Waals surface area (Å²) < 4.78 is 33.7. The Morgan fingerprint density at radius 1 is 0.623 bits per heavy atom. The van der Waals surface area contributed by atoms with Crippen molar-refractivity contribution in [2.45, 2.75) is 135 Å². The third-order valence-corrected chi connectivity index (χ3v) is 9.52. The van der Waals surface area contributed by atoms with Gasteiger partial charge >= 0.3 is 11.9 Å². The molecule has 0 heterocycles. The first-order chi connectivity index (χ1) is 29.4. The summed E-state index contributed by atoms with van der Waals surface area (Å²) in [4.78, 5) is 37.5. The largest absolute Gasteiger partial charge is 0.756 e. The number of aliphatic hydroxyl groups excluding tert-OH is 1. The standard InChI is InChI=1S/C50H80NO9P/c1-6-8-10-12-14-15-16-17-18-19-20-21-22-27-30-34-38-42-50(54)60-48(46-59-61(55,56)58-44-43-51(3,4)5)45-57-49(53)41-37-33-29-26-24-23-25-28-32-36-40-47(52)39-35-31-13-11-9-7-2/h9,11,14-15,17-18,20-21,23-24,27-33,35-36,40,47-48,52H,6-8,10,12-13,16,19,22,25-26,34,37-39,41-46H2,1-5H3/b11-9-,15-14-,18-17-,21-20-,24-23-,30-27-,32-28-,33-29-,35-31-,40-36+/t47?,48-/m1/s1. The quantitative estimate of drug-likeness (QED) is 0.0161. The Bertz CT molecular complexity index is 1460. The van der Waals surface area contributed by atoms with Crippen LogP contribution in [0.3, 0.4) is 0 Å². The minimum absolute atomic E-state index is 0.0681. The molecule has 0 aliphatic heterocycles. The fourth-order valence-electron chi connectivity index (χ4n) is 5.05. The SMILES string of the molecule is CC/C=C\C/C=C\CC(O)/C=C/C=C\C/C=C\C/C=C\CCC(=O)OC[C@H](COP(=O)([O-])OCC[N+](C)(C)C)OC(=O)CCC/C=C\C/C=C\C/C=C\C/C=C\CCCCC. The Balaban J connectivity index is 4.65. The van der Waals surface area contributed by atoms with E-state index in [0.29, 0.717) is 43.1 Å². The zero-order chi connectivity index (χ0) is 45.1. The zero-order valence-electron chi connectivity index (χ0n) is 38.2. The van der Waals surface area contributed by atoms with E-state index in [4.69, 9.17) is 18.5 Å². The number of rotatable bonds is 38. The van der Waals surface area contributed by atoms with Gasteiger partial charge in [-0.15, -0.1) is 0 Å². The van der Waals surface area contributed by atoms with E-state index in [2.05, 4.69) is 74.6 Å². The van der Waals surface area contributed by atoms with E-state index in [1.54, 1.807) is 6.08 Å². The maximum atomic E-state index is 12.7. The number of aliphatic hydroxyl groups is 1. The molecule has 0 aromatic carbocycles. The van der Waals surface area contributed by atoms with Crippen molar-refractivity contribution in [1.29, 1.82) is 0 Å². The van der Waals surface area contributed by atoms with Gasteiger partial charge in [0.15, 0.2) is 6.10 Å². The van der Waals surface area contributed by atoms with Gasteiger partial charge in [-0.1, -0.05) is 148 Å². The molecular formula is C50H80NO9P. The molecule has 0 aliphatic carbocycles. The summed E-state index contributed by atoms with van der Waals surface area (Å²) in [5.74, 6) is -1.04. The van der Waals surface area contributed by atoms with Crippen molar-refractivity contribution in [1.82, 2.24) is 0 Å². The number of ether oxygens (including phenoxy) is 2. The molecule has 2 unspecified atom stereocenters. The average molecular weight is 870 g/mol. The molecule has 0 saturated heterocycles. The Kier molecular flexibility index (Phi) is 38.0. The predicted molar refractivity (Wildman–Crippen MR) is 250 cm³/mol. The van der Waals surface area contributed by atoms with E-state index in [9.17, 15) is 24.2 Å². The minimum atomic E-state index is -4.68.